The summed E-state index contributed by atoms with van der Waals surface area (Å²) in [4.78, 5) is 22.5. The zero-order chi connectivity index (χ0) is 19.1. The fourth-order valence-electron chi connectivity index (χ4n) is 2.95. The average molecular weight is 435 g/mol. The first-order valence-electron chi connectivity index (χ1n) is 8.94. The number of halogens is 1. The van der Waals surface area contributed by atoms with E-state index in [1.54, 1.807) is 24.4 Å². The van der Waals surface area contributed by atoms with Crippen LogP contribution in [0.3, 0.4) is 0 Å². The maximum Gasteiger partial charge on any atom is 0.317 e. The predicted molar refractivity (Wildman–Crippen MR) is 105 cm³/mol. The van der Waals surface area contributed by atoms with Crippen LogP contribution in [0.25, 0.3) is 0 Å². The molecule has 1 atom stereocenters. The van der Waals surface area contributed by atoms with Crippen LogP contribution in [-0.4, -0.2) is 53.7 Å². The molecule has 3 rings (SSSR count). The number of benzene rings is 1. The van der Waals surface area contributed by atoms with E-state index in [2.05, 4.69) is 31.2 Å². The summed E-state index contributed by atoms with van der Waals surface area (Å²) in [5.74, 6) is 0.830. The highest BCUT2D eigenvalue weighted by molar-refractivity contribution is 9.10. The second kappa shape index (κ2) is 9.55. The molecule has 7 nitrogen and oxygen atoms in total. The van der Waals surface area contributed by atoms with Gasteiger partial charge in [-0.25, -0.2) is 14.8 Å². The van der Waals surface area contributed by atoms with Crippen LogP contribution >= 0.6 is 15.9 Å². The van der Waals surface area contributed by atoms with Gasteiger partial charge in [-0.15, -0.1) is 0 Å². The highest BCUT2D eigenvalue weighted by atomic mass is 79.9. The van der Waals surface area contributed by atoms with Crippen molar-refractivity contribution in [2.45, 2.75) is 25.4 Å². The number of methoxy groups -OCH3 is 1. The Morgan fingerprint density at radius 1 is 1.30 bits per heavy atom. The molecule has 0 spiro atoms. The third-order valence-corrected chi connectivity index (χ3v) is 4.79. The first kappa shape index (κ1) is 19.4. The molecule has 1 fully saturated rings. The van der Waals surface area contributed by atoms with E-state index in [0.29, 0.717) is 19.1 Å². The van der Waals surface area contributed by atoms with Gasteiger partial charge in [-0.1, -0.05) is 12.1 Å². The highest BCUT2D eigenvalue weighted by Crippen LogP contribution is 2.16. The summed E-state index contributed by atoms with van der Waals surface area (Å²) >= 11 is 3.30. The predicted octanol–water partition coefficient (Wildman–Crippen LogP) is 3.04. The topological polar surface area (TPSA) is 76.6 Å². The number of hydrogen-bond acceptors (Lipinski definition) is 5. The summed E-state index contributed by atoms with van der Waals surface area (Å²) in [5.41, 5.74) is 1.16. The zero-order valence-corrected chi connectivity index (χ0v) is 16.8. The number of amides is 2. The van der Waals surface area contributed by atoms with Crippen LogP contribution in [0.4, 0.5) is 4.79 Å². The van der Waals surface area contributed by atoms with Gasteiger partial charge < -0.3 is 19.7 Å². The minimum Gasteiger partial charge on any atom is -0.497 e. The largest absolute Gasteiger partial charge is 0.497 e. The van der Waals surface area contributed by atoms with E-state index in [1.807, 2.05) is 24.3 Å². The van der Waals surface area contributed by atoms with Gasteiger partial charge in [-0.3, -0.25) is 0 Å². The molecule has 0 bridgehead atoms. The van der Waals surface area contributed by atoms with E-state index in [4.69, 9.17) is 9.47 Å². The van der Waals surface area contributed by atoms with Gasteiger partial charge in [-0.05, 0) is 52.9 Å². The quantitative estimate of drug-likeness (QED) is 0.755. The number of piperidine rings is 1. The van der Waals surface area contributed by atoms with Crippen molar-refractivity contribution in [1.82, 2.24) is 20.2 Å². The number of hydrogen-bond donors (Lipinski definition) is 1. The lowest BCUT2D eigenvalue weighted by atomic mass is 10.1. The fraction of sp³-hybridized carbons (Fsp3) is 0.421. The molecular weight excluding hydrogens is 412 g/mol. The number of urea groups is 1. The van der Waals surface area contributed by atoms with Crippen LogP contribution in [0.2, 0.25) is 0 Å². The number of ether oxygens (including phenoxy) is 2. The van der Waals surface area contributed by atoms with Gasteiger partial charge in [0.25, 0.3) is 0 Å². The van der Waals surface area contributed by atoms with E-state index >= 15 is 0 Å². The second-order valence-corrected chi connectivity index (χ2v) is 7.26. The summed E-state index contributed by atoms with van der Waals surface area (Å²) in [6.07, 6.45) is 5.76. The summed E-state index contributed by atoms with van der Waals surface area (Å²) in [5, 5.41) is 2.98. The van der Waals surface area contributed by atoms with Gasteiger partial charge in [0.05, 0.1) is 18.1 Å². The lowest BCUT2D eigenvalue weighted by Gasteiger charge is -2.32. The molecule has 2 aromatic rings. The van der Waals surface area contributed by atoms with Crippen LogP contribution in [0.1, 0.15) is 18.4 Å². The Bertz CT molecular complexity index is 740. The number of rotatable bonds is 6. The Morgan fingerprint density at radius 3 is 2.74 bits per heavy atom. The molecule has 144 valence electrons. The molecule has 1 aliphatic rings. The number of nitrogens with one attached hydrogen (secondary N) is 1. The minimum atomic E-state index is -0.0905. The molecule has 0 aliphatic carbocycles. The van der Waals surface area contributed by atoms with Crippen molar-refractivity contribution in [2.75, 3.05) is 26.7 Å². The normalized spacial score (nSPS) is 16.7. The highest BCUT2D eigenvalue weighted by Gasteiger charge is 2.25. The maximum absolute atomic E-state index is 12.4. The van der Waals surface area contributed by atoms with Crippen LogP contribution < -0.4 is 14.8 Å². The smallest absolute Gasteiger partial charge is 0.317 e. The third kappa shape index (κ3) is 5.82. The minimum absolute atomic E-state index is 0.0615. The summed E-state index contributed by atoms with van der Waals surface area (Å²) in [7, 11) is 1.65. The van der Waals surface area contributed by atoms with Crippen molar-refractivity contribution < 1.29 is 14.3 Å². The first-order chi connectivity index (χ1) is 13.1. The SMILES string of the molecule is COc1ccc(CCNC(=O)N2CCC[C@H](Oc3ncc(Br)cn3)C2)cc1. The molecule has 1 aliphatic heterocycles. The van der Waals surface area contributed by atoms with E-state index in [0.717, 1.165) is 41.6 Å². The Hall–Kier alpha value is -2.35. The van der Waals surface area contributed by atoms with Crippen LogP contribution in [0.15, 0.2) is 41.1 Å². The van der Waals surface area contributed by atoms with E-state index in [9.17, 15) is 4.79 Å². The van der Waals surface area contributed by atoms with Crippen molar-refractivity contribution in [2.24, 2.45) is 0 Å². The van der Waals surface area contributed by atoms with Crippen LogP contribution in [0.5, 0.6) is 11.8 Å². The lowest BCUT2D eigenvalue weighted by molar-refractivity contribution is 0.0939. The Balaban J connectivity index is 1.44. The Kier molecular flexibility index (Phi) is 6.86. The number of likely N-dealkylation sites (tertiary alicyclic amines) is 1. The monoisotopic (exact) mass is 434 g/mol. The second-order valence-electron chi connectivity index (χ2n) is 6.34. The molecule has 0 saturated carbocycles. The lowest BCUT2D eigenvalue weighted by Crippen LogP contribution is -2.49. The van der Waals surface area contributed by atoms with Crippen molar-refractivity contribution in [3.63, 3.8) is 0 Å². The van der Waals surface area contributed by atoms with Crippen molar-refractivity contribution in [3.8, 4) is 11.8 Å². The summed E-state index contributed by atoms with van der Waals surface area (Å²) in [6, 6.07) is 8.14. The van der Waals surface area contributed by atoms with Crippen molar-refractivity contribution in [3.05, 3.63) is 46.7 Å². The maximum atomic E-state index is 12.4. The van der Waals surface area contributed by atoms with Gasteiger partial charge in [0.1, 0.15) is 11.9 Å². The molecular formula is C19H23BrN4O3. The van der Waals surface area contributed by atoms with Gasteiger partial charge >= 0.3 is 12.0 Å². The summed E-state index contributed by atoms with van der Waals surface area (Å²) < 4.78 is 11.8. The van der Waals surface area contributed by atoms with Crippen LogP contribution in [-0.2, 0) is 6.42 Å². The van der Waals surface area contributed by atoms with E-state index in [-0.39, 0.29) is 12.1 Å². The standard InChI is InChI=1S/C19H23BrN4O3/c1-26-16-6-4-14(5-7-16)8-9-21-19(25)24-10-2-3-17(13-24)27-18-22-11-15(20)12-23-18/h4-7,11-12,17H,2-3,8-10,13H2,1H3,(H,21,25)/t17-/m0/s1. The molecule has 27 heavy (non-hydrogen) atoms. The molecule has 1 saturated heterocycles. The molecule has 1 N–H and O–H groups in total. The van der Waals surface area contributed by atoms with Gasteiger partial charge in [-0.2, -0.15) is 0 Å². The molecule has 0 unspecified atom stereocenters. The Labute approximate surface area is 167 Å². The molecule has 2 heterocycles. The van der Waals surface area contributed by atoms with Gasteiger partial charge in [0, 0.05) is 25.5 Å². The van der Waals surface area contributed by atoms with Crippen molar-refractivity contribution in [1.29, 1.82) is 0 Å². The van der Waals surface area contributed by atoms with E-state index in [1.165, 1.54) is 0 Å². The average Bonchev–Trinajstić information content (AvgIpc) is 2.70. The van der Waals surface area contributed by atoms with Gasteiger partial charge in [0.15, 0.2) is 0 Å². The fourth-order valence-corrected chi connectivity index (χ4v) is 3.15. The molecule has 2 amide bonds. The number of nitrogens with zero attached hydrogens (tertiary/aromatic N) is 3. The molecule has 1 aromatic heterocycles. The van der Waals surface area contributed by atoms with Gasteiger partial charge in [0.2, 0.25) is 0 Å². The third-order valence-electron chi connectivity index (χ3n) is 4.38. The van der Waals surface area contributed by atoms with E-state index < -0.39 is 0 Å². The molecule has 1 aromatic carbocycles. The number of carbonyl (C=O) groups excluding carboxylic acids is 1. The van der Waals surface area contributed by atoms with Crippen molar-refractivity contribution >= 4 is 22.0 Å². The summed E-state index contributed by atoms with van der Waals surface area (Å²) in [6.45, 7) is 1.85. The number of aromatic nitrogens is 2. The molecule has 0 radical (unpaired) electrons. The molecule has 8 heteroatoms. The zero-order valence-electron chi connectivity index (χ0n) is 15.2. The number of carbonyl (C=O) groups is 1. The first-order valence-corrected chi connectivity index (χ1v) is 9.73. The van der Waals surface area contributed by atoms with Crippen LogP contribution in [0, 0.1) is 0 Å². The Morgan fingerprint density at radius 2 is 2.04 bits per heavy atom.